The number of nitrogens with zero attached hydrogens (tertiary/aromatic N) is 3. The summed E-state index contributed by atoms with van der Waals surface area (Å²) in [7, 11) is 0. The summed E-state index contributed by atoms with van der Waals surface area (Å²) in [5, 5.41) is 4.31. The molecule has 0 amide bonds. The summed E-state index contributed by atoms with van der Waals surface area (Å²) in [6.07, 6.45) is 1.60. The highest BCUT2D eigenvalue weighted by atomic mass is 32.2. The average Bonchev–Trinajstić information content (AvgIpc) is 2.86. The number of rotatable bonds is 3. The van der Waals surface area contributed by atoms with Crippen molar-refractivity contribution in [1.29, 1.82) is 0 Å². The molecular formula is C13H11N3OS2. The summed E-state index contributed by atoms with van der Waals surface area (Å²) in [5.74, 6) is 0.842. The van der Waals surface area contributed by atoms with Crippen molar-refractivity contribution < 1.29 is 0 Å². The molecule has 1 aromatic carbocycles. The highest BCUT2D eigenvalue weighted by molar-refractivity contribution is 8.00. The predicted octanol–water partition coefficient (Wildman–Crippen LogP) is 2.75. The Kier molecular flexibility index (Phi) is 3.35. The van der Waals surface area contributed by atoms with Gasteiger partial charge in [-0.2, -0.15) is 4.52 Å². The van der Waals surface area contributed by atoms with Gasteiger partial charge in [-0.3, -0.25) is 4.79 Å². The minimum Gasteiger partial charge on any atom is -0.267 e. The van der Waals surface area contributed by atoms with Crippen LogP contribution in [-0.4, -0.2) is 14.6 Å². The molecule has 19 heavy (non-hydrogen) atoms. The van der Waals surface area contributed by atoms with Gasteiger partial charge >= 0.3 is 0 Å². The molecule has 0 bridgehead atoms. The Balaban J connectivity index is 1.86. The number of benzene rings is 1. The van der Waals surface area contributed by atoms with Gasteiger partial charge in [0.25, 0.3) is 5.56 Å². The van der Waals surface area contributed by atoms with Gasteiger partial charge in [0, 0.05) is 17.5 Å². The third-order valence-electron chi connectivity index (χ3n) is 2.64. The summed E-state index contributed by atoms with van der Waals surface area (Å²) in [6, 6.07) is 10.2. The van der Waals surface area contributed by atoms with Gasteiger partial charge in [0.2, 0.25) is 4.96 Å². The van der Waals surface area contributed by atoms with Crippen LogP contribution in [0.25, 0.3) is 4.96 Å². The second kappa shape index (κ2) is 5.14. The lowest BCUT2D eigenvalue weighted by atomic mass is 10.2. The highest BCUT2D eigenvalue weighted by Gasteiger charge is 2.08. The zero-order valence-corrected chi connectivity index (χ0v) is 11.9. The predicted molar refractivity (Wildman–Crippen MR) is 77.9 cm³/mol. The van der Waals surface area contributed by atoms with Crippen LogP contribution in [0.4, 0.5) is 0 Å². The van der Waals surface area contributed by atoms with Gasteiger partial charge in [-0.1, -0.05) is 53.4 Å². The van der Waals surface area contributed by atoms with Crippen molar-refractivity contribution in [2.45, 2.75) is 17.0 Å². The van der Waals surface area contributed by atoms with E-state index in [1.807, 2.05) is 18.2 Å². The van der Waals surface area contributed by atoms with E-state index in [1.54, 1.807) is 24.9 Å². The molecule has 0 saturated carbocycles. The Morgan fingerprint density at radius 3 is 2.89 bits per heavy atom. The van der Waals surface area contributed by atoms with Crippen molar-refractivity contribution >= 4 is 28.1 Å². The van der Waals surface area contributed by atoms with E-state index in [1.165, 1.54) is 21.4 Å². The van der Waals surface area contributed by atoms with Crippen molar-refractivity contribution in [2.75, 3.05) is 0 Å². The maximum atomic E-state index is 11.9. The summed E-state index contributed by atoms with van der Waals surface area (Å²) in [6.45, 7) is 1.75. The number of fused-ring (bicyclic) bond motifs is 1. The molecular weight excluding hydrogens is 278 g/mol. The topological polar surface area (TPSA) is 47.3 Å². The van der Waals surface area contributed by atoms with E-state index < -0.39 is 0 Å². The van der Waals surface area contributed by atoms with Crippen LogP contribution in [0.15, 0.2) is 45.7 Å². The van der Waals surface area contributed by atoms with Gasteiger partial charge in [0.05, 0.1) is 0 Å². The van der Waals surface area contributed by atoms with Crippen LogP contribution in [0.3, 0.4) is 0 Å². The molecule has 0 unspecified atom stereocenters. The second-order valence-electron chi connectivity index (χ2n) is 4.08. The molecule has 0 aliphatic heterocycles. The van der Waals surface area contributed by atoms with E-state index >= 15 is 0 Å². The first-order chi connectivity index (χ1) is 9.24. The molecule has 0 fully saturated rings. The molecule has 3 aromatic rings. The number of hydrogen-bond acceptors (Lipinski definition) is 5. The lowest BCUT2D eigenvalue weighted by Crippen LogP contribution is -2.16. The largest absolute Gasteiger partial charge is 0.278 e. The summed E-state index contributed by atoms with van der Waals surface area (Å²) in [5.41, 5.74) is 1.76. The average molecular weight is 289 g/mol. The van der Waals surface area contributed by atoms with E-state index in [9.17, 15) is 4.79 Å². The Morgan fingerprint density at radius 1 is 1.32 bits per heavy atom. The Morgan fingerprint density at radius 2 is 2.11 bits per heavy atom. The normalized spacial score (nSPS) is 11.0. The maximum Gasteiger partial charge on any atom is 0.278 e. The van der Waals surface area contributed by atoms with E-state index in [0.29, 0.717) is 10.5 Å². The van der Waals surface area contributed by atoms with Crippen molar-refractivity contribution in [3.8, 4) is 0 Å². The maximum absolute atomic E-state index is 11.9. The first-order valence-electron chi connectivity index (χ1n) is 5.76. The minimum atomic E-state index is -0.0900. The summed E-state index contributed by atoms with van der Waals surface area (Å²) < 4.78 is 2.24. The fourth-order valence-electron chi connectivity index (χ4n) is 1.63. The standard InChI is InChI=1S/C13H11N3OS2/c1-9-7-14-12-16(11(9)17)15-13(19-12)18-8-10-5-3-2-4-6-10/h2-7H,8H2,1H3. The molecule has 0 N–H and O–H groups in total. The molecule has 96 valence electrons. The molecule has 2 aromatic heterocycles. The van der Waals surface area contributed by atoms with Gasteiger partial charge in [0.15, 0.2) is 4.34 Å². The fraction of sp³-hybridized carbons (Fsp3) is 0.154. The van der Waals surface area contributed by atoms with E-state index in [2.05, 4.69) is 22.2 Å². The van der Waals surface area contributed by atoms with E-state index in [0.717, 1.165) is 10.1 Å². The second-order valence-corrected chi connectivity index (χ2v) is 6.26. The summed E-state index contributed by atoms with van der Waals surface area (Å²) in [4.78, 5) is 16.7. The van der Waals surface area contributed by atoms with Crippen LogP contribution in [0.1, 0.15) is 11.1 Å². The number of thioether (sulfide) groups is 1. The van der Waals surface area contributed by atoms with Crippen molar-refractivity contribution in [3.05, 3.63) is 58.0 Å². The molecule has 6 heteroatoms. The zero-order valence-electron chi connectivity index (χ0n) is 10.2. The van der Waals surface area contributed by atoms with Crippen LogP contribution in [0.2, 0.25) is 0 Å². The van der Waals surface area contributed by atoms with Crippen LogP contribution >= 0.6 is 23.1 Å². The number of aromatic nitrogens is 3. The van der Waals surface area contributed by atoms with E-state index in [-0.39, 0.29) is 5.56 Å². The first-order valence-corrected chi connectivity index (χ1v) is 7.56. The van der Waals surface area contributed by atoms with Crippen molar-refractivity contribution in [3.63, 3.8) is 0 Å². The van der Waals surface area contributed by atoms with E-state index in [4.69, 9.17) is 0 Å². The SMILES string of the molecule is Cc1cnc2sc(SCc3ccccc3)nn2c1=O. The third-order valence-corrected chi connectivity index (χ3v) is 4.77. The molecule has 0 aliphatic carbocycles. The Bertz CT molecular complexity index is 764. The lowest BCUT2D eigenvalue weighted by Gasteiger charge is -1.96. The van der Waals surface area contributed by atoms with Gasteiger partial charge < -0.3 is 0 Å². The lowest BCUT2D eigenvalue weighted by molar-refractivity contribution is 0.846. The van der Waals surface area contributed by atoms with Gasteiger partial charge in [-0.05, 0) is 12.5 Å². The molecule has 2 heterocycles. The molecule has 0 aliphatic rings. The zero-order chi connectivity index (χ0) is 13.2. The van der Waals surface area contributed by atoms with Gasteiger partial charge in [0.1, 0.15) is 0 Å². The highest BCUT2D eigenvalue weighted by Crippen LogP contribution is 2.26. The monoisotopic (exact) mass is 289 g/mol. The number of hydrogen-bond donors (Lipinski definition) is 0. The van der Waals surface area contributed by atoms with Crippen molar-refractivity contribution in [2.24, 2.45) is 0 Å². The molecule has 3 rings (SSSR count). The van der Waals surface area contributed by atoms with Crippen LogP contribution in [0, 0.1) is 6.92 Å². The van der Waals surface area contributed by atoms with Crippen LogP contribution in [0.5, 0.6) is 0 Å². The molecule has 0 atom stereocenters. The quantitative estimate of drug-likeness (QED) is 0.696. The smallest absolute Gasteiger partial charge is 0.267 e. The van der Waals surface area contributed by atoms with Crippen LogP contribution < -0.4 is 5.56 Å². The van der Waals surface area contributed by atoms with Crippen molar-refractivity contribution in [1.82, 2.24) is 14.6 Å². The molecule has 4 nitrogen and oxygen atoms in total. The third kappa shape index (κ3) is 2.54. The molecule has 0 saturated heterocycles. The van der Waals surface area contributed by atoms with Crippen LogP contribution in [-0.2, 0) is 5.75 Å². The van der Waals surface area contributed by atoms with Gasteiger partial charge in [-0.25, -0.2) is 4.98 Å². The molecule has 0 radical (unpaired) electrons. The number of aryl methyl sites for hydroxylation is 1. The van der Waals surface area contributed by atoms with Gasteiger partial charge in [-0.15, -0.1) is 5.10 Å². The first kappa shape index (κ1) is 12.4. The fourth-order valence-corrected chi connectivity index (χ4v) is 3.48. The Hall–Kier alpha value is -1.66. The molecule has 0 spiro atoms. The Labute approximate surface area is 118 Å². The minimum absolute atomic E-state index is 0.0900. The summed E-state index contributed by atoms with van der Waals surface area (Å²) >= 11 is 3.06.